The lowest BCUT2D eigenvalue weighted by Gasteiger charge is -2.22. The van der Waals surface area contributed by atoms with Gasteiger partial charge in [-0.2, -0.15) is 0 Å². The zero-order chi connectivity index (χ0) is 43.7. The number of esters is 1. The van der Waals surface area contributed by atoms with Gasteiger partial charge in [-0.15, -0.1) is 0 Å². The van der Waals surface area contributed by atoms with Gasteiger partial charge in [0.15, 0.2) is 0 Å². The minimum absolute atomic E-state index is 0.0402. The van der Waals surface area contributed by atoms with Crippen LogP contribution < -0.4 is 5.32 Å². The molecule has 0 bridgehead atoms. The standard InChI is InChI=1S/C54H103NO5/c1-3-5-7-9-11-13-15-17-18-19-20-21-22-24-26-30-34-38-42-46-52(57)51(50-56)55-53(58)47-43-39-35-31-27-25-29-33-37-41-45-49-60-54(59)48-44-40-36-32-28-23-16-14-12-10-8-6-4-2/h14,16,29,33,51-52,56-57H,3-13,15,17-28,30-32,34-50H2,1-2H3,(H,55,58)/b16-14-,33-29-. The van der Waals surface area contributed by atoms with Gasteiger partial charge in [0.25, 0.3) is 0 Å². The smallest absolute Gasteiger partial charge is 0.305 e. The lowest BCUT2D eigenvalue weighted by Crippen LogP contribution is -2.45. The molecule has 0 spiro atoms. The third-order valence-electron chi connectivity index (χ3n) is 12.2. The molecule has 0 aliphatic heterocycles. The van der Waals surface area contributed by atoms with Crippen LogP contribution in [0.5, 0.6) is 0 Å². The van der Waals surface area contributed by atoms with Gasteiger partial charge in [-0.1, -0.05) is 218 Å². The first kappa shape index (κ1) is 58.3. The van der Waals surface area contributed by atoms with Crippen LogP contribution in [0.15, 0.2) is 24.3 Å². The molecule has 0 aromatic heterocycles. The third kappa shape index (κ3) is 45.9. The summed E-state index contributed by atoms with van der Waals surface area (Å²) in [7, 11) is 0. The molecule has 0 aromatic carbocycles. The van der Waals surface area contributed by atoms with Crippen molar-refractivity contribution in [1.29, 1.82) is 0 Å². The van der Waals surface area contributed by atoms with Gasteiger partial charge >= 0.3 is 5.97 Å². The number of amides is 1. The van der Waals surface area contributed by atoms with Crippen molar-refractivity contribution in [3.05, 3.63) is 24.3 Å². The van der Waals surface area contributed by atoms with E-state index in [0.717, 1.165) is 83.5 Å². The maximum Gasteiger partial charge on any atom is 0.305 e. The quantitative estimate of drug-likeness (QED) is 0.0322. The number of hydrogen-bond acceptors (Lipinski definition) is 5. The molecule has 0 saturated carbocycles. The Hall–Kier alpha value is -1.66. The number of hydrogen-bond donors (Lipinski definition) is 3. The summed E-state index contributed by atoms with van der Waals surface area (Å²) in [5, 5.41) is 23.3. The molecule has 60 heavy (non-hydrogen) atoms. The summed E-state index contributed by atoms with van der Waals surface area (Å²) in [5.74, 6) is -0.103. The molecule has 0 aliphatic carbocycles. The fraction of sp³-hybridized carbons (Fsp3) is 0.889. The van der Waals surface area contributed by atoms with Crippen molar-refractivity contribution in [2.75, 3.05) is 13.2 Å². The average Bonchev–Trinajstić information content (AvgIpc) is 3.25. The van der Waals surface area contributed by atoms with E-state index in [1.54, 1.807) is 0 Å². The number of carbonyl (C=O) groups excluding carboxylic acids is 2. The lowest BCUT2D eigenvalue weighted by atomic mass is 10.0. The van der Waals surface area contributed by atoms with Crippen LogP contribution in [-0.4, -0.2) is 47.4 Å². The molecule has 0 radical (unpaired) electrons. The van der Waals surface area contributed by atoms with E-state index in [2.05, 4.69) is 43.5 Å². The second kappa shape index (κ2) is 50.0. The van der Waals surface area contributed by atoms with Crippen LogP contribution in [0.3, 0.4) is 0 Å². The van der Waals surface area contributed by atoms with Crippen LogP contribution in [0, 0.1) is 0 Å². The van der Waals surface area contributed by atoms with Crippen LogP contribution in [0.1, 0.15) is 284 Å². The van der Waals surface area contributed by atoms with Crippen molar-refractivity contribution in [1.82, 2.24) is 5.32 Å². The highest BCUT2D eigenvalue weighted by Crippen LogP contribution is 2.16. The number of ether oxygens (including phenoxy) is 1. The molecule has 1 amide bonds. The first-order chi connectivity index (χ1) is 29.5. The minimum atomic E-state index is -0.683. The Morgan fingerprint density at radius 2 is 0.783 bits per heavy atom. The zero-order valence-electron chi connectivity index (χ0n) is 40.2. The predicted molar refractivity (Wildman–Crippen MR) is 260 cm³/mol. The highest BCUT2D eigenvalue weighted by atomic mass is 16.5. The van der Waals surface area contributed by atoms with E-state index in [9.17, 15) is 19.8 Å². The Morgan fingerprint density at radius 1 is 0.450 bits per heavy atom. The maximum atomic E-state index is 12.5. The van der Waals surface area contributed by atoms with Gasteiger partial charge in [-0.3, -0.25) is 9.59 Å². The van der Waals surface area contributed by atoms with Gasteiger partial charge in [0.1, 0.15) is 0 Å². The topological polar surface area (TPSA) is 95.9 Å². The van der Waals surface area contributed by atoms with Gasteiger partial charge in [-0.05, 0) is 77.0 Å². The summed E-state index contributed by atoms with van der Waals surface area (Å²) in [4.78, 5) is 24.5. The number of allylic oxidation sites excluding steroid dienone is 4. The number of unbranched alkanes of at least 4 members (excludes halogenated alkanes) is 34. The number of aliphatic hydroxyl groups is 2. The van der Waals surface area contributed by atoms with Crippen molar-refractivity contribution in [2.45, 2.75) is 296 Å². The Labute approximate surface area is 373 Å². The number of rotatable bonds is 49. The van der Waals surface area contributed by atoms with Crippen molar-refractivity contribution in [2.24, 2.45) is 0 Å². The van der Waals surface area contributed by atoms with Crippen molar-refractivity contribution in [3.8, 4) is 0 Å². The number of carbonyl (C=O) groups is 2. The molecule has 0 saturated heterocycles. The molecule has 3 N–H and O–H groups in total. The SMILES string of the molecule is CCCCCC/C=C\CCCCCCCC(=O)OCCCC/C=C\CCCCCCCC(=O)NC(CO)C(O)CCCCCCCCCCCCCCCCCCCCC. The van der Waals surface area contributed by atoms with Gasteiger partial charge in [-0.25, -0.2) is 0 Å². The zero-order valence-corrected chi connectivity index (χ0v) is 40.2. The Kier molecular flexibility index (Phi) is 48.6. The van der Waals surface area contributed by atoms with E-state index < -0.39 is 12.1 Å². The third-order valence-corrected chi connectivity index (χ3v) is 12.2. The monoisotopic (exact) mass is 846 g/mol. The van der Waals surface area contributed by atoms with E-state index in [1.165, 1.54) is 167 Å². The summed E-state index contributed by atoms with van der Waals surface area (Å²) in [6.45, 7) is 4.86. The predicted octanol–water partition coefficient (Wildman–Crippen LogP) is 15.9. The molecule has 0 fully saturated rings. The normalized spacial score (nSPS) is 12.8. The fourth-order valence-corrected chi connectivity index (χ4v) is 8.10. The first-order valence-electron chi connectivity index (χ1n) is 26.6. The minimum Gasteiger partial charge on any atom is -0.466 e. The highest BCUT2D eigenvalue weighted by molar-refractivity contribution is 5.76. The summed E-state index contributed by atoms with van der Waals surface area (Å²) in [6.07, 6.45) is 58.7. The largest absolute Gasteiger partial charge is 0.466 e. The molecular weight excluding hydrogens is 743 g/mol. The Bertz CT molecular complexity index is 935. The van der Waals surface area contributed by atoms with E-state index in [-0.39, 0.29) is 18.5 Å². The molecule has 6 nitrogen and oxygen atoms in total. The molecule has 0 heterocycles. The van der Waals surface area contributed by atoms with Crippen LogP contribution in [0.4, 0.5) is 0 Å². The number of aliphatic hydroxyl groups excluding tert-OH is 2. The van der Waals surface area contributed by atoms with Gasteiger partial charge < -0.3 is 20.3 Å². The van der Waals surface area contributed by atoms with Gasteiger partial charge in [0.05, 0.1) is 25.4 Å². The van der Waals surface area contributed by atoms with Crippen LogP contribution in [0.2, 0.25) is 0 Å². The number of nitrogens with one attached hydrogen (secondary N) is 1. The van der Waals surface area contributed by atoms with Gasteiger partial charge in [0, 0.05) is 12.8 Å². The molecule has 2 unspecified atom stereocenters. The first-order valence-corrected chi connectivity index (χ1v) is 26.6. The molecular formula is C54H103NO5. The van der Waals surface area contributed by atoms with E-state index >= 15 is 0 Å². The molecule has 0 aliphatic rings. The summed E-state index contributed by atoms with van der Waals surface area (Å²) in [5.41, 5.74) is 0. The summed E-state index contributed by atoms with van der Waals surface area (Å²) >= 11 is 0. The fourth-order valence-electron chi connectivity index (χ4n) is 8.10. The average molecular weight is 846 g/mol. The molecule has 6 heteroatoms. The van der Waals surface area contributed by atoms with E-state index in [4.69, 9.17) is 4.74 Å². The summed E-state index contributed by atoms with van der Waals surface area (Å²) in [6, 6.07) is -0.563. The second-order valence-corrected chi connectivity index (χ2v) is 18.2. The molecule has 0 rings (SSSR count). The Morgan fingerprint density at radius 3 is 1.20 bits per heavy atom. The van der Waals surface area contributed by atoms with Crippen LogP contribution in [0.25, 0.3) is 0 Å². The second-order valence-electron chi connectivity index (χ2n) is 18.2. The van der Waals surface area contributed by atoms with Crippen molar-refractivity contribution >= 4 is 11.9 Å². The lowest BCUT2D eigenvalue weighted by molar-refractivity contribution is -0.143. The molecule has 2 atom stereocenters. The van der Waals surface area contributed by atoms with E-state index in [1.807, 2.05) is 0 Å². The van der Waals surface area contributed by atoms with E-state index in [0.29, 0.717) is 25.9 Å². The van der Waals surface area contributed by atoms with Crippen molar-refractivity contribution in [3.63, 3.8) is 0 Å². The van der Waals surface area contributed by atoms with Crippen LogP contribution >= 0.6 is 0 Å². The molecule has 0 aromatic rings. The molecule has 354 valence electrons. The van der Waals surface area contributed by atoms with Gasteiger partial charge in [0.2, 0.25) is 5.91 Å². The Balaban J connectivity index is 3.52. The summed E-state index contributed by atoms with van der Waals surface area (Å²) < 4.78 is 5.42. The highest BCUT2D eigenvalue weighted by Gasteiger charge is 2.20. The van der Waals surface area contributed by atoms with Crippen LogP contribution in [-0.2, 0) is 14.3 Å². The maximum absolute atomic E-state index is 12.5. The van der Waals surface area contributed by atoms with Crippen molar-refractivity contribution < 1.29 is 24.5 Å².